The number of hydrogen-bond acceptors (Lipinski definition) is 2. The van der Waals surface area contributed by atoms with Gasteiger partial charge < -0.3 is 5.32 Å². The molecule has 1 aromatic heterocycles. The number of aromatic nitrogens is 2. The minimum Gasteiger partial charge on any atom is -0.314 e. The average molecular weight is 291 g/mol. The fourth-order valence-electron chi connectivity index (χ4n) is 3.64. The predicted octanol–water partition coefficient (Wildman–Crippen LogP) is 4.04. The topological polar surface area (TPSA) is 29.9 Å². The molecule has 0 aliphatic heterocycles. The van der Waals surface area contributed by atoms with Crippen LogP contribution in [0, 0.1) is 25.7 Å². The second-order valence-electron chi connectivity index (χ2n) is 7.37. The summed E-state index contributed by atoms with van der Waals surface area (Å²) in [6, 6.07) is 1.17. The zero-order chi connectivity index (χ0) is 15.6. The number of aryl methyl sites for hydroxylation is 1. The zero-order valence-electron chi connectivity index (χ0n) is 14.7. The Hall–Kier alpha value is -0.830. The van der Waals surface area contributed by atoms with E-state index in [1.54, 1.807) is 0 Å². The van der Waals surface area contributed by atoms with Crippen LogP contribution in [-0.4, -0.2) is 22.4 Å². The van der Waals surface area contributed by atoms with Crippen LogP contribution in [0.2, 0.25) is 0 Å². The van der Waals surface area contributed by atoms with Crippen molar-refractivity contribution in [2.24, 2.45) is 11.8 Å². The summed E-state index contributed by atoms with van der Waals surface area (Å²) >= 11 is 0. The van der Waals surface area contributed by atoms with Crippen LogP contribution in [0.25, 0.3) is 0 Å². The largest absolute Gasteiger partial charge is 0.314 e. The molecule has 0 bridgehead atoms. The molecule has 21 heavy (non-hydrogen) atoms. The molecule has 0 spiro atoms. The summed E-state index contributed by atoms with van der Waals surface area (Å²) in [5, 5.41) is 8.39. The quantitative estimate of drug-likeness (QED) is 0.887. The number of rotatable bonds is 5. The molecule has 0 amide bonds. The standard InChI is InChI=1S/C18H33N3/c1-12(2)19-10-9-18-15(5)20-21(16(18)6)17-8-7-13(3)14(4)11-17/h12-14,17,19H,7-11H2,1-6H3. The number of nitrogens with zero attached hydrogens (tertiary/aromatic N) is 2. The van der Waals surface area contributed by atoms with Crippen LogP contribution >= 0.6 is 0 Å². The second kappa shape index (κ2) is 6.95. The summed E-state index contributed by atoms with van der Waals surface area (Å²) < 4.78 is 2.34. The first-order chi connectivity index (χ1) is 9.90. The van der Waals surface area contributed by atoms with Crippen molar-refractivity contribution in [1.82, 2.24) is 15.1 Å². The van der Waals surface area contributed by atoms with Gasteiger partial charge in [0.25, 0.3) is 0 Å². The van der Waals surface area contributed by atoms with Gasteiger partial charge in [0.05, 0.1) is 11.7 Å². The Bertz CT molecular complexity index is 461. The highest BCUT2D eigenvalue weighted by atomic mass is 15.3. The summed E-state index contributed by atoms with van der Waals surface area (Å²) in [5.74, 6) is 1.69. The molecule has 120 valence electrons. The minimum atomic E-state index is 0.557. The lowest BCUT2D eigenvalue weighted by Gasteiger charge is -2.32. The van der Waals surface area contributed by atoms with Gasteiger partial charge in [-0.15, -0.1) is 0 Å². The zero-order valence-corrected chi connectivity index (χ0v) is 14.7. The van der Waals surface area contributed by atoms with Gasteiger partial charge in [-0.3, -0.25) is 4.68 Å². The molecule has 0 radical (unpaired) electrons. The molecular formula is C18H33N3. The van der Waals surface area contributed by atoms with Gasteiger partial charge in [-0.2, -0.15) is 5.10 Å². The van der Waals surface area contributed by atoms with Gasteiger partial charge in [0.2, 0.25) is 0 Å². The fourth-order valence-corrected chi connectivity index (χ4v) is 3.64. The van der Waals surface area contributed by atoms with Crippen molar-refractivity contribution in [2.45, 2.75) is 79.3 Å². The maximum absolute atomic E-state index is 4.88. The molecule has 1 aliphatic rings. The molecule has 0 aromatic carbocycles. The molecule has 3 nitrogen and oxygen atoms in total. The van der Waals surface area contributed by atoms with Gasteiger partial charge in [-0.25, -0.2) is 0 Å². The predicted molar refractivity (Wildman–Crippen MR) is 89.8 cm³/mol. The Kier molecular flexibility index (Phi) is 5.48. The van der Waals surface area contributed by atoms with Crippen molar-refractivity contribution in [3.63, 3.8) is 0 Å². The van der Waals surface area contributed by atoms with Crippen molar-refractivity contribution in [3.8, 4) is 0 Å². The van der Waals surface area contributed by atoms with E-state index in [1.165, 1.54) is 36.2 Å². The molecule has 1 saturated carbocycles. The molecule has 3 unspecified atom stereocenters. The van der Waals surface area contributed by atoms with Crippen molar-refractivity contribution in [3.05, 3.63) is 17.0 Å². The Balaban J connectivity index is 2.08. The third-order valence-corrected chi connectivity index (χ3v) is 5.32. The van der Waals surface area contributed by atoms with Crippen molar-refractivity contribution < 1.29 is 0 Å². The van der Waals surface area contributed by atoms with Crippen LogP contribution in [0.5, 0.6) is 0 Å². The molecule has 1 fully saturated rings. The molecule has 3 atom stereocenters. The number of nitrogens with one attached hydrogen (secondary N) is 1. The second-order valence-corrected chi connectivity index (χ2v) is 7.37. The van der Waals surface area contributed by atoms with Gasteiger partial charge >= 0.3 is 0 Å². The van der Waals surface area contributed by atoms with Crippen LogP contribution in [0.15, 0.2) is 0 Å². The Morgan fingerprint density at radius 3 is 2.52 bits per heavy atom. The van der Waals surface area contributed by atoms with Gasteiger partial charge in [-0.1, -0.05) is 27.7 Å². The highest BCUT2D eigenvalue weighted by Crippen LogP contribution is 2.37. The third-order valence-electron chi connectivity index (χ3n) is 5.32. The first-order valence-corrected chi connectivity index (χ1v) is 8.68. The summed E-state index contributed by atoms with van der Waals surface area (Å²) in [6.45, 7) is 14.7. The minimum absolute atomic E-state index is 0.557. The number of hydrogen-bond donors (Lipinski definition) is 1. The van der Waals surface area contributed by atoms with E-state index in [2.05, 4.69) is 51.5 Å². The van der Waals surface area contributed by atoms with Crippen molar-refractivity contribution >= 4 is 0 Å². The van der Waals surface area contributed by atoms with Gasteiger partial charge in [-0.05, 0) is 63.5 Å². The lowest BCUT2D eigenvalue weighted by atomic mass is 9.79. The first-order valence-electron chi connectivity index (χ1n) is 8.68. The molecule has 1 aliphatic carbocycles. The Labute approximate surface area is 130 Å². The monoisotopic (exact) mass is 291 g/mol. The normalized spacial score (nSPS) is 26.5. The molecule has 1 N–H and O–H groups in total. The van der Waals surface area contributed by atoms with Crippen LogP contribution < -0.4 is 5.32 Å². The van der Waals surface area contributed by atoms with E-state index in [9.17, 15) is 0 Å². The van der Waals surface area contributed by atoms with E-state index in [0.29, 0.717) is 12.1 Å². The Morgan fingerprint density at radius 2 is 1.90 bits per heavy atom. The summed E-state index contributed by atoms with van der Waals surface area (Å²) in [6.07, 6.45) is 5.01. The summed E-state index contributed by atoms with van der Waals surface area (Å²) in [7, 11) is 0. The van der Waals surface area contributed by atoms with Crippen LogP contribution in [0.3, 0.4) is 0 Å². The highest BCUT2D eigenvalue weighted by Gasteiger charge is 2.27. The lowest BCUT2D eigenvalue weighted by Crippen LogP contribution is -2.26. The molecule has 2 rings (SSSR count). The average Bonchev–Trinajstić information content (AvgIpc) is 2.69. The van der Waals surface area contributed by atoms with Crippen molar-refractivity contribution in [1.29, 1.82) is 0 Å². The van der Waals surface area contributed by atoms with Crippen LogP contribution in [0.4, 0.5) is 0 Å². The van der Waals surface area contributed by atoms with E-state index in [4.69, 9.17) is 5.10 Å². The van der Waals surface area contributed by atoms with Crippen molar-refractivity contribution in [2.75, 3.05) is 6.54 Å². The van der Waals surface area contributed by atoms with E-state index in [0.717, 1.165) is 24.8 Å². The molecular weight excluding hydrogens is 258 g/mol. The molecule has 3 heteroatoms. The van der Waals surface area contributed by atoms with Gasteiger partial charge in [0, 0.05) is 11.7 Å². The maximum Gasteiger partial charge on any atom is 0.0629 e. The van der Waals surface area contributed by atoms with E-state index >= 15 is 0 Å². The van der Waals surface area contributed by atoms with E-state index in [-0.39, 0.29) is 0 Å². The van der Waals surface area contributed by atoms with Crippen LogP contribution in [0.1, 0.15) is 70.0 Å². The third kappa shape index (κ3) is 3.88. The van der Waals surface area contributed by atoms with Gasteiger partial charge in [0.15, 0.2) is 0 Å². The molecule has 1 heterocycles. The van der Waals surface area contributed by atoms with Gasteiger partial charge in [0.1, 0.15) is 0 Å². The van der Waals surface area contributed by atoms with E-state index in [1.807, 2.05) is 0 Å². The summed E-state index contributed by atoms with van der Waals surface area (Å²) in [4.78, 5) is 0. The molecule has 0 saturated heterocycles. The maximum atomic E-state index is 4.88. The lowest BCUT2D eigenvalue weighted by molar-refractivity contribution is 0.198. The Morgan fingerprint density at radius 1 is 1.19 bits per heavy atom. The fraction of sp³-hybridized carbons (Fsp3) is 0.833. The SMILES string of the molecule is Cc1nn(C2CCC(C)C(C)C2)c(C)c1CCNC(C)C. The van der Waals surface area contributed by atoms with Crippen LogP contribution in [-0.2, 0) is 6.42 Å². The smallest absolute Gasteiger partial charge is 0.0629 e. The van der Waals surface area contributed by atoms with E-state index < -0.39 is 0 Å². The first kappa shape index (κ1) is 16.5. The summed E-state index contributed by atoms with van der Waals surface area (Å²) in [5.41, 5.74) is 4.07. The molecule has 1 aromatic rings. The highest BCUT2D eigenvalue weighted by molar-refractivity contribution is 5.25.